The molecule has 1 atom stereocenters. The quantitative estimate of drug-likeness (QED) is 0.436. The van der Waals surface area contributed by atoms with Crippen LogP contribution in [0, 0.1) is 13.8 Å². The first-order valence-corrected chi connectivity index (χ1v) is 12.0. The van der Waals surface area contributed by atoms with Crippen LogP contribution in [-0.4, -0.2) is 24.5 Å². The molecule has 1 aliphatic heterocycles. The van der Waals surface area contributed by atoms with Gasteiger partial charge in [0.2, 0.25) is 0 Å². The van der Waals surface area contributed by atoms with Crippen molar-refractivity contribution in [2.24, 2.45) is 0 Å². The standard InChI is InChI=1S/C26H34N2S/c1-4-24(21-10-6-5-9-20(21)3)27-14-7-8-15-28-16-13-26-23(18-28)22-17-19(2)11-12-25(22)29-26/h5-6,9-12,17,24,27H,4,7-8,13-16,18H2,1-3H3. The van der Waals surface area contributed by atoms with Crippen LogP contribution in [0.5, 0.6) is 0 Å². The number of benzene rings is 2. The Morgan fingerprint density at radius 1 is 1.10 bits per heavy atom. The fraction of sp³-hybridized carbons (Fsp3) is 0.462. The van der Waals surface area contributed by atoms with Gasteiger partial charge in [0.05, 0.1) is 0 Å². The van der Waals surface area contributed by atoms with Gasteiger partial charge in [0, 0.05) is 28.7 Å². The molecule has 1 N–H and O–H groups in total. The Hall–Kier alpha value is -1.68. The van der Waals surface area contributed by atoms with Crippen LogP contribution in [0.25, 0.3) is 10.1 Å². The molecule has 3 heteroatoms. The van der Waals surface area contributed by atoms with Crippen molar-refractivity contribution >= 4 is 21.4 Å². The number of rotatable bonds is 8. The molecule has 0 fully saturated rings. The summed E-state index contributed by atoms with van der Waals surface area (Å²) in [5, 5.41) is 5.29. The molecule has 0 saturated carbocycles. The molecule has 29 heavy (non-hydrogen) atoms. The zero-order valence-corrected chi connectivity index (χ0v) is 18.9. The summed E-state index contributed by atoms with van der Waals surface area (Å²) in [6, 6.07) is 16.2. The smallest absolute Gasteiger partial charge is 0.0349 e. The molecule has 1 unspecified atom stereocenters. The molecule has 0 amide bonds. The van der Waals surface area contributed by atoms with E-state index in [9.17, 15) is 0 Å². The van der Waals surface area contributed by atoms with E-state index >= 15 is 0 Å². The number of aryl methyl sites for hydroxylation is 2. The average Bonchev–Trinajstić information content (AvgIpc) is 3.09. The third-order valence-electron chi connectivity index (χ3n) is 6.33. The summed E-state index contributed by atoms with van der Waals surface area (Å²) in [5.74, 6) is 0. The number of hydrogen-bond donors (Lipinski definition) is 1. The zero-order valence-electron chi connectivity index (χ0n) is 18.1. The third kappa shape index (κ3) is 4.74. The van der Waals surface area contributed by atoms with Crippen LogP contribution in [0.15, 0.2) is 42.5 Å². The molecule has 3 aromatic rings. The first-order chi connectivity index (χ1) is 14.2. The van der Waals surface area contributed by atoms with E-state index in [1.165, 1.54) is 59.1 Å². The van der Waals surface area contributed by atoms with Crippen LogP contribution >= 0.6 is 11.3 Å². The summed E-state index contributed by atoms with van der Waals surface area (Å²) in [6.45, 7) is 11.4. The fourth-order valence-corrected chi connectivity index (χ4v) is 5.81. The first-order valence-electron chi connectivity index (χ1n) is 11.2. The van der Waals surface area contributed by atoms with Crippen molar-refractivity contribution in [2.45, 2.75) is 59.0 Å². The monoisotopic (exact) mass is 406 g/mol. The molecule has 1 aromatic heterocycles. The van der Waals surface area contributed by atoms with Crippen LogP contribution in [0.2, 0.25) is 0 Å². The molecule has 4 rings (SSSR count). The van der Waals surface area contributed by atoms with Crippen molar-refractivity contribution in [1.82, 2.24) is 10.2 Å². The number of nitrogens with one attached hydrogen (secondary N) is 1. The van der Waals surface area contributed by atoms with Crippen LogP contribution in [0.1, 0.15) is 59.4 Å². The molecule has 0 radical (unpaired) electrons. The Kier molecular flexibility index (Phi) is 6.69. The maximum Gasteiger partial charge on any atom is 0.0349 e. The lowest BCUT2D eigenvalue weighted by Gasteiger charge is -2.27. The van der Waals surface area contributed by atoms with Crippen molar-refractivity contribution in [3.05, 3.63) is 69.6 Å². The molecule has 2 nitrogen and oxygen atoms in total. The van der Waals surface area contributed by atoms with E-state index in [4.69, 9.17) is 0 Å². The number of unbranched alkanes of at least 4 members (excludes halogenated alkanes) is 1. The van der Waals surface area contributed by atoms with Gasteiger partial charge in [0.1, 0.15) is 0 Å². The minimum Gasteiger partial charge on any atom is -0.310 e. The van der Waals surface area contributed by atoms with Crippen LogP contribution in [0.4, 0.5) is 0 Å². The number of fused-ring (bicyclic) bond motifs is 3. The van der Waals surface area contributed by atoms with Crippen LogP contribution in [-0.2, 0) is 13.0 Å². The second-order valence-electron chi connectivity index (χ2n) is 8.51. The van der Waals surface area contributed by atoms with Crippen molar-refractivity contribution in [1.29, 1.82) is 0 Å². The highest BCUT2D eigenvalue weighted by Gasteiger charge is 2.20. The van der Waals surface area contributed by atoms with E-state index in [0.29, 0.717) is 6.04 Å². The number of hydrogen-bond acceptors (Lipinski definition) is 3. The van der Waals surface area contributed by atoms with Crippen LogP contribution in [0.3, 0.4) is 0 Å². The highest BCUT2D eigenvalue weighted by atomic mass is 32.1. The number of nitrogens with zero attached hydrogens (tertiary/aromatic N) is 1. The Balaban J connectivity index is 1.26. The second kappa shape index (κ2) is 9.42. The topological polar surface area (TPSA) is 15.3 Å². The van der Waals surface area contributed by atoms with Gasteiger partial charge in [-0.15, -0.1) is 11.3 Å². The Morgan fingerprint density at radius 2 is 1.97 bits per heavy atom. The molecule has 2 heterocycles. The lowest BCUT2D eigenvalue weighted by Crippen LogP contribution is -2.31. The van der Waals surface area contributed by atoms with Gasteiger partial charge in [-0.2, -0.15) is 0 Å². The third-order valence-corrected chi connectivity index (χ3v) is 7.60. The van der Waals surface area contributed by atoms with E-state index in [1.54, 1.807) is 10.4 Å². The summed E-state index contributed by atoms with van der Waals surface area (Å²) in [4.78, 5) is 4.28. The highest BCUT2D eigenvalue weighted by molar-refractivity contribution is 7.19. The minimum atomic E-state index is 0.481. The van der Waals surface area contributed by atoms with Crippen molar-refractivity contribution < 1.29 is 0 Å². The van der Waals surface area contributed by atoms with E-state index in [-0.39, 0.29) is 0 Å². The summed E-state index contributed by atoms with van der Waals surface area (Å²) >= 11 is 2.01. The van der Waals surface area contributed by atoms with Gasteiger partial charge in [-0.25, -0.2) is 0 Å². The van der Waals surface area contributed by atoms with Crippen molar-refractivity contribution in [2.75, 3.05) is 19.6 Å². The summed E-state index contributed by atoms with van der Waals surface area (Å²) in [5.41, 5.74) is 5.83. The lowest BCUT2D eigenvalue weighted by atomic mass is 9.99. The molecule has 2 aromatic carbocycles. The molecular formula is C26H34N2S. The molecule has 0 bridgehead atoms. The molecular weight excluding hydrogens is 372 g/mol. The highest BCUT2D eigenvalue weighted by Crippen LogP contribution is 2.35. The van der Waals surface area contributed by atoms with E-state index in [0.717, 1.165) is 19.5 Å². The largest absolute Gasteiger partial charge is 0.310 e. The predicted octanol–water partition coefficient (Wildman–Crippen LogP) is 6.40. The van der Waals surface area contributed by atoms with Gasteiger partial charge in [-0.3, -0.25) is 4.90 Å². The molecule has 0 aliphatic carbocycles. The maximum absolute atomic E-state index is 3.79. The zero-order chi connectivity index (χ0) is 20.2. The summed E-state index contributed by atoms with van der Waals surface area (Å²) < 4.78 is 1.47. The van der Waals surface area contributed by atoms with Crippen molar-refractivity contribution in [3.63, 3.8) is 0 Å². The Bertz CT molecular complexity index is 958. The SMILES string of the molecule is CCC(NCCCCN1CCc2sc3ccc(C)cc3c2C1)c1ccccc1C. The van der Waals surface area contributed by atoms with Gasteiger partial charge in [-0.05, 0) is 80.8 Å². The average molecular weight is 407 g/mol. The fourth-order valence-electron chi connectivity index (χ4n) is 4.63. The molecule has 0 saturated heterocycles. The van der Waals surface area contributed by atoms with Crippen molar-refractivity contribution in [3.8, 4) is 0 Å². The Labute approximate surface area is 179 Å². The van der Waals surface area contributed by atoms with E-state index in [1.807, 2.05) is 11.3 Å². The number of thiophene rings is 1. The van der Waals surface area contributed by atoms with Gasteiger partial charge in [0.15, 0.2) is 0 Å². The van der Waals surface area contributed by atoms with Gasteiger partial charge >= 0.3 is 0 Å². The maximum atomic E-state index is 3.79. The predicted molar refractivity (Wildman–Crippen MR) is 127 cm³/mol. The van der Waals surface area contributed by atoms with E-state index in [2.05, 4.69) is 73.5 Å². The normalized spacial score (nSPS) is 15.6. The van der Waals surface area contributed by atoms with Gasteiger partial charge < -0.3 is 5.32 Å². The summed E-state index contributed by atoms with van der Waals surface area (Å²) in [7, 11) is 0. The molecule has 1 aliphatic rings. The molecule has 154 valence electrons. The van der Waals surface area contributed by atoms with Crippen LogP contribution < -0.4 is 5.32 Å². The van der Waals surface area contributed by atoms with Gasteiger partial charge in [0.25, 0.3) is 0 Å². The summed E-state index contributed by atoms with van der Waals surface area (Å²) in [6.07, 6.45) is 4.88. The molecule has 0 spiro atoms. The Morgan fingerprint density at radius 3 is 2.79 bits per heavy atom. The minimum absolute atomic E-state index is 0.481. The van der Waals surface area contributed by atoms with E-state index < -0.39 is 0 Å². The second-order valence-corrected chi connectivity index (χ2v) is 9.64. The van der Waals surface area contributed by atoms with Gasteiger partial charge in [-0.1, -0.05) is 48.9 Å². The lowest BCUT2D eigenvalue weighted by molar-refractivity contribution is 0.251. The first kappa shape index (κ1) is 20.6.